The molecule has 0 saturated carbocycles. The second kappa shape index (κ2) is 7.44. The van der Waals surface area contributed by atoms with E-state index in [9.17, 15) is 4.79 Å². The van der Waals surface area contributed by atoms with Gasteiger partial charge < -0.3 is 10.2 Å². The molecule has 3 rings (SSSR count). The van der Waals surface area contributed by atoms with Gasteiger partial charge >= 0.3 is 0 Å². The first-order chi connectivity index (χ1) is 12.0. The zero-order valence-corrected chi connectivity index (χ0v) is 14.9. The third-order valence-electron chi connectivity index (χ3n) is 4.07. The van der Waals surface area contributed by atoms with Crippen LogP contribution in [0.3, 0.4) is 0 Å². The molecule has 25 heavy (non-hydrogen) atoms. The SMILES string of the molecule is Cc1ccc(Cn2nnc3cc(C(=O)NCCN(C)C)ccc32)cc1. The number of rotatable bonds is 6. The second-order valence-electron chi connectivity index (χ2n) is 6.50. The maximum Gasteiger partial charge on any atom is 0.251 e. The first kappa shape index (κ1) is 17.1. The average molecular weight is 337 g/mol. The average Bonchev–Trinajstić information content (AvgIpc) is 2.98. The predicted molar refractivity (Wildman–Crippen MR) is 98.7 cm³/mol. The highest BCUT2D eigenvalue weighted by atomic mass is 16.1. The van der Waals surface area contributed by atoms with Crippen molar-refractivity contribution >= 4 is 16.9 Å². The summed E-state index contributed by atoms with van der Waals surface area (Å²) >= 11 is 0. The maximum atomic E-state index is 12.2. The van der Waals surface area contributed by atoms with E-state index in [1.807, 2.05) is 35.8 Å². The van der Waals surface area contributed by atoms with Crippen molar-refractivity contribution in [2.45, 2.75) is 13.5 Å². The predicted octanol–water partition coefficient (Wildman–Crippen LogP) is 2.08. The Morgan fingerprint density at radius 3 is 2.64 bits per heavy atom. The molecular formula is C19H23N5O. The Kier molecular flexibility index (Phi) is 5.09. The van der Waals surface area contributed by atoms with Crippen LogP contribution >= 0.6 is 0 Å². The molecule has 1 N–H and O–H groups in total. The van der Waals surface area contributed by atoms with Gasteiger partial charge in [0.2, 0.25) is 0 Å². The van der Waals surface area contributed by atoms with Crippen molar-refractivity contribution in [1.82, 2.24) is 25.2 Å². The molecule has 0 atom stereocenters. The zero-order chi connectivity index (χ0) is 17.8. The molecule has 0 fully saturated rings. The van der Waals surface area contributed by atoms with Gasteiger partial charge in [-0.25, -0.2) is 4.68 Å². The van der Waals surface area contributed by atoms with E-state index in [1.54, 1.807) is 6.07 Å². The van der Waals surface area contributed by atoms with E-state index < -0.39 is 0 Å². The minimum Gasteiger partial charge on any atom is -0.351 e. The van der Waals surface area contributed by atoms with Crippen LogP contribution < -0.4 is 5.32 Å². The smallest absolute Gasteiger partial charge is 0.251 e. The number of amides is 1. The first-order valence-corrected chi connectivity index (χ1v) is 8.34. The monoisotopic (exact) mass is 337 g/mol. The lowest BCUT2D eigenvalue weighted by molar-refractivity contribution is 0.0951. The third kappa shape index (κ3) is 4.22. The molecule has 3 aromatic rings. The van der Waals surface area contributed by atoms with Crippen LogP contribution in [0.4, 0.5) is 0 Å². The van der Waals surface area contributed by atoms with Gasteiger partial charge in [-0.2, -0.15) is 0 Å². The van der Waals surface area contributed by atoms with Crippen LogP contribution in [-0.2, 0) is 6.54 Å². The molecule has 0 unspecified atom stereocenters. The molecule has 0 aliphatic carbocycles. The summed E-state index contributed by atoms with van der Waals surface area (Å²) in [5.41, 5.74) is 4.66. The lowest BCUT2D eigenvalue weighted by atomic mass is 10.1. The molecule has 1 amide bonds. The van der Waals surface area contributed by atoms with Gasteiger partial charge in [0, 0.05) is 18.7 Å². The van der Waals surface area contributed by atoms with Gasteiger partial charge in [-0.05, 0) is 44.8 Å². The van der Waals surface area contributed by atoms with Crippen molar-refractivity contribution in [2.24, 2.45) is 0 Å². The van der Waals surface area contributed by atoms with E-state index in [0.717, 1.165) is 17.6 Å². The number of hydrogen-bond donors (Lipinski definition) is 1. The molecule has 6 nitrogen and oxygen atoms in total. The van der Waals surface area contributed by atoms with E-state index in [0.29, 0.717) is 18.7 Å². The number of nitrogens with one attached hydrogen (secondary N) is 1. The summed E-state index contributed by atoms with van der Waals surface area (Å²) in [6, 6.07) is 13.9. The Labute approximate surface area is 147 Å². The number of fused-ring (bicyclic) bond motifs is 1. The third-order valence-corrected chi connectivity index (χ3v) is 4.07. The summed E-state index contributed by atoms with van der Waals surface area (Å²) < 4.78 is 1.85. The number of benzene rings is 2. The van der Waals surface area contributed by atoms with E-state index in [4.69, 9.17) is 0 Å². The summed E-state index contributed by atoms with van der Waals surface area (Å²) in [5.74, 6) is -0.0863. The standard InChI is InChI=1S/C19H23N5O/c1-14-4-6-15(7-5-14)13-24-18-9-8-16(12-17(18)21-22-24)19(25)20-10-11-23(2)3/h4-9,12H,10-11,13H2,1-3H3,(H,20,25). The fraction of sp³-hybridized carbons (Fsp3) is 0.316. The minimum absolute atomic E-state index is 0.0863. The van der Waals surface area contributed by atoms with E-state index >= 15 is 0 Å². The van der Waals surface area contributed by atoms with E-state index in [2.05, 4.69) is 46.8 Å². The molecule has 2 aromatic carbocycles. The Bertz CT molecular complexity index is 867. The molecule has 0 saturated heterocycles. The molecule has 130 valence electrons. The highest BCUT2D eigenvalue weighted by Crippen LogP contribution is 2.15. The van der Waals surface area contributed by atoms with Crippen molar-refractivity contribution in [3.05, 3.63) is 59.2 Å². The largest absolute Gasteiger partial charge is 0.351 e. The quantitative estimate of drug-likeness (QED) is 0.748. The van der Waals surface area contributed by atoms with Gasteiger partial charge in [-0.15, -0.1) is 5.10 Å². The van der Waals surface area contributed by atoms with Gasteiger partial charge in [0.1, 0.15) is 5.52 Å². The molecule has 0 aliphatic heterocycles. The van der Waals surface area contributed by atoms with Crippen molar-refractivity contribution in [3.63, 3.8) is 0 Å². The Hall–Kier alpha value is -2.73. The van der Waals surface area contributed by atoms with Crippen molar-refractivity contribution in [1.29, 1.82) is 0 Å². The van der Waals surface area contributed by atoms with Crippen molar-refractivity contribution in [3.8, 4) is 0 Å². The first-order valence-electron chi connectivity index (χ1n) is 8.34. The number of carbonyl (C=O) groups excluding carboxylic acids is 1. The number of carbonyl (C=O) groups is 1. The van der Waals surface area contributed by atoms with E-state index in [1.165, 1.54) is 11.1 Å². The zero-order valence-electron chi connectivity index (χ0n) is 14.9. The topological polar surface area (TPSA) is 63.1 Å². The van der Waals surface area contributed by atoms with Crippen molar-refractivity contribution < 1.29 is 4.79 Å². The molecule has 1 aromatic heterocycles. The lowest BCUT2D eigenvalue weighted by Gasteiger charge is -2.10. The Balaban J connectivity index is 1.74. The van der Waals surface area contributed by atoms with Gasteiger partial charge in [-0.1, -0.05) is 35.0 Å². The Morgan fingerprint density at radius 2 is 1.92 bits per heavy atom. The summed E-state index contributed by atoms with van der Waals surface area (Å²) in [6.07, 6.45) is 0. The highest BCUT2D eigenvalue weighted by molar-refractivity contribution is 5.97. The van der Waals surface area contributed by atoms with Crippen LogP contribution in [0.2, 0.25) is 0 Å². The fourth-order valence-electron chi connectivity index (χ4n) is 2.59. The number of likely N-dealkylation sites (N-methyl/N-ethyl adjacent to an activating group) is 1. The van der Waals surface area contributed by atoms with Gasteiger partial charge in [0.05, 0.1) is 12.1 Å². The van der Waals surface area contributed by atoms with Crippen LogP contribution in [0.1, 0.15) is 21.5 Å². The number of nitrogens with zero attached hydrogens (tertiary/aromatic N) is 4. The number of hydrogen-bond acceptors (Lipinski definition) is 4. The normalized spacial score (nSPS) is 11.2. The number of aryl methyl sites for hydroxylation is 1. The Morgan fingerprint density at radius 1 is 1.16 bits per heavy atom. The van der Waals surface area contributed by atoms with Crippen LogP contribution in [0.5, 0.6) is 0 Å². The second-order valence-corrected chi connectivity index (χ2v) is 6.50. The number of aromatic nitrogens is 3. The van der Waals surface area contributed by atoms with E-state index in [-0.39, 0.29) is 5.91 Å². The summed E-state index contributed by atoms with van der Waals surface area (Å²) in [4.78, 5) is 14.2. The van der Waals surface area contributed by atoms with Crippen LogP contribution in [0, 0.1) is 6.92 Å². The van der Waals surface area contributed by atoms with Crippen LogP contribution in [0.25, 0.3) is 11.0 Å². The molecule has 1 heterocycles. The molecule has 6 heteroatoms. The van der Waals surface area contributed by atoms with Gasteiger partial charge in [-0.3, -0.25) is 4.79 Å². The van der Waals surface area contributed by atoms with Crippen molar-refractivity contribution in [2.75, 3.05) is 27.2 Å². The molecule has 0 radical (unpaired) electrons. The molecule has 0 spiro atoms. The van der Waals surface area contributed by atoms with Crippen LogP contribution in [-0.4, -0.2) is 53.0 Å². The fourth-order valence-corrected chi connectivity index (χ4v) is 2.59. The highest BCUT2D eigenvalue weighted by Gasteiger charge is 2.10. The summed E-state index contributed by atoms with van der Waals surface area (Å²) in [5, 5.41) is 11.3. The molecular weight excluding hydrogens is 314 g/mol. The summed E-state index contributed by atoms with van der Waals surface area (Å²) in [7, 11) is 3.95. The summed E-state index contributed by atoms with van der Waals surface area (Å²) in [6.45, 7) is 4.15. The lowest BCUT2D eigenvalue weighted by Crippen LogP contribution is -2.31. The minimum atomic E-state index is -0.0863. The van der Waals surface area contributed by atoms with Gasteiger partial charge in [0.25, 0.3) is 5.91 Å². The molecule has 0 bridgehead atoms. The molecule has 0 aliphatic rings. The maximum absolute atomic E-state index is 12.2. The van der Waals surface area contributed by atoms with Crippen LogP contribution in [0.15, 0.2) is 42.5 Å². The van der Waals surface area contributed by atoms with Gasteiger partial charge in [0.15, 0.2) is 0 Å².